The minimum absolute atomic E-state index is 0.417. The van der Waals surface area contributed by atoms with Crippen LogP contribution in [0, 0.1) is 18.9 Å². The molecule has 0 unspecified atom stereocenters. The van der Waals surface area contributed by atoms with Gasteiger partial charge < -0.3 is 0 Å². The summed E-state index contributed by atoms with van der Waals surface area (Å²) in [7, 11) is 0. The van der Waals surface area contributed by atoms with Crippen molar-refractivity contribution in [1.82, 2.24) is 4.98 Å². The molecule has 1 radical (unpaired) electrons. The van der Waals surface area contributed by atoms with Crippen molar-refractivity contribution in [2.24, 2.45) is 0 Å². The van der Waals surface area contributed by atoms with Gasteiger partial charge in [-0.15, -0.1) is 0 Å². The van der Waals surface area contributed by atoms with E-state index in [0.29, 0.717) is 5.56 Å². The molecule has 14 heavy (non-hydrogen) atoms. The second kappa shape index (κ2) is 3.58. The van der Waals surface area contributed by atoms with Gasteiger partial charge in [0.2, 0.25) is 5.95 Å². The molecule has 2 heteroatoms. The summed E-state index contributed by atoms with van der Waals surface area (Å²) in [6.45, 7) is 1.72. The number of nitrogens with zero attached hydrogens (tertiary/aromatic N) is 1. The highest BCUT2D eigenvalue weighted by Gasteiger charge is 2.05. The minimum Gasteiger partial charge on any atom is -0.228 e. The summed E-state index contributed by atoms with van der Waals surface area (Å²) in [4.78, 5) is 3.58. The molecule has 0 aliphatic rings. The van der Waals surface area contributed by atoms with E-state index >= 15 is 0 Å². The molecule has 2 rings (SSSR count). The van der Waals surface area contributed by atoms with Crippen molar-refractivity contribution in [2.75, 3.05) is 0 Å². The van der Waals surface area contributed by atoms with Crippen LogP contribution in [-0.4, -0.2) is 4.98 Å². The van der Waals surface area contributed by atoms with Crippen LogP contribution >= 0.6 is 0 Å². The van der Waals surface area contributed by atoms with Crippen LogP contribution in [0.5, 0.6) is 0 Å². The topological polar surface area (TPSA) is 12.9 Å². The van der Waals surface area contributed by atoms with Gasteiger partial charge in [0.1, 0.15) is 0 Å². The summed E-state index contributed by atoms with van der Waals surface area (Å²) in [5.74, 6) is -0.417. The first kappa shape index (κ1) is 8.88. The molecular formula is C12H9FN. The Morgan fingerprint density at radius 1 is 1.29 bits per heavy atom. The second-order valence-corrected chi connectivity index (χ2v) is 3.05. The van der Waals surface area contributed by atoms with Gasteiger partial charge >= 0.3 is 0 Å². The Morgan fingerprint density at radius 2 is 2.14 bits per heavy atom. The van der Waals surface area contributed by atoms with Crippen LogP contribution in [0.2, 0.25) is 0 Å². The van der Waals surface area contributed by atoms with Crippen molar-refractivity contribution in [2.45, 2.75) is 6.92 Å². The van der Waals surface area contributed by atoms with E-state index in [2.05, 4.69) is 11.1 Å². The van der Waals surface area contributed by atoms with Crippen LogP contribution in [-0.2, 0) is 0 Å². The van der Waals surface area contributed by atoms with Gasteiger partial charge in [0, 0.05) is 11.8 Å². The van der Waals surface area contributed by atoms with Crippen molar-refractivity contribution in [3.63, 3.8) is 0 Å². The molecule has 0 spiro atoms. The Morgan fingerprint density at radius 3 is 2.86 bits per heavy atom. The molecule has 0 atom stereocenters. The third kappa shape index (κ3) is 1.51. The molecule has 0 aliphatic carbocycles. The molecule has 2 aromatic rings. The summed E-state index contributed by atoms with van der Waals surface area (Å²) in [5, 5.41) is 0. The van der Waals surface area contributed by atoms with Gasteiger partial charge in [-0.25, -0.2) is 4.98 Å². The predicted molar refractivity (Wildman–Crippen MR) is 53.2 cm³/mol. The van der Waals surface area contributed by atoms with Gasteiger partial charge in [-0.1, -0.05) is 24.3 Å². The summed E-state index contributed by atoms with van der Waals surface area (Å²) in [5.41, 5.74) is 2.30. The normalized spacial score (nSPS) is 10.1. The van der Waals surface area contributed by atoms with E-state index in [4.69, 9.17) is 0 Å². The molecule has 0 N–H and O–H groups in total. The molecule has 0 saturated heterocycles. The van der Waals surface area contributed by atoms with Gasteiger partial charge in [-0.05, 0) is 30.2 Å². The third-order valence-corrected chi connectivity index (χ3v) is 2.14. The quantitative estimate of drug-likeness (QED) is 0.624. The van der Waals surface area contributed by atoms with E-state index in [1.165, 1.54) is 6.20 Å². The number of halogens is 1. The van der Waals surface area contributed by atoms with E-state index in [-0.39, 0.29) is 0 Å². The molecule has 1 aromatic heterocycles. The standard InChI is InChI=1S/C12H9FN/c1-9-11(7-8-14-12(9)13)10-5-3-2-4-6-10/h2-5,7-8H,1H3. The Balaban J connectivity index is 2.58. The van der Waals surface area contributed by atoms with Crippen LogP contribution in [0.15, 0.2) is 36.5 Å². The number of rotatable bonds is 1. The van der Waals surface area contributed by atoms with Crippen LogP contribution in [0.3, 0.4) is 0 Å². The van der Waals surface area contributed by atoms with Gasteiger partial charge in [0.25, 0.3) is 0 Å². The lowest BCUT2D eigenvalue weighted by Crippen LogP contribution is -1.91. The number of pyridine rings is 1. The third-order valence-electron chi connectivity index (χ3n) is 2.14. The Bertz CT molecular complexity index is 437. The highest BCUT2D eigenvalue weighted by atomic mass is 19.1. The highest BCUT2D eigenvalue weighted by molar-refractivity contribution is 5.65. The first-order chi connectivity index (χ1) is 6.79. The molecule has 1 nitrogen and oxygen atoms in total. The van der Waals surface area contributed by atoms with E-state index in [1.807, 2.05) is 24.3 Å². The van der Waals surface area contributed by atoms with E-state index < -0.39 is 5.95 Å². The molecule has 69 valence electrons. The van der Waals surface area contributed by atoms with Crippen molar-refractivity contribution in [1.29, 1.82) is 0 Å². The van der Waals surface area contributed by atoms with E-state index in [1.54, 1.807) is 13.0 Å². The fourth-order valence-electron chi connectivity index (χ4n) is 1.36. The Labute approximate surface area is 82.2 Å². The van der Waals surface area contributed by atoms with E-state index in [9.17, 15) is 4.39 Å². The average Bonchev–Trinajstić information content (AvgIpc) is 2.23. The SMILES string of the molecule is Cc1c(-c2[c]cccc2)ccnc1F. The lowest BCUT2D eigenvalue weighted by molar-refractivity contribution is 0.575. The molecule has 0 bridgehead atoms. The summed E-state index contributed by atoms with van der Waals surface area (Å²) in [6, 6.07) is 12.4. The van der Waals surface area contributed by atoms with Gasteiger partial charge in [-0.3, -0.25) is 0 Å². The first-order valence-corrected chi connectivity index (χ1v) is 4.37. The second-order valence-electron chi connectivity index (χ2n) is 3.05. The number of hydrogen-bond donors (Lipinski definition) is 0. The maximum absolute atomic E-state index is 13.1. The predicted octanol–water partition coefficient (Wildman–Crippen LogP) is 3.00. The van der Waals surface area contributed by atoms with Crippen LogP contribution in [0.1, 0.15) is 5.56 Å². The van der Waals surface area contributed by atoms with Gasteiger partial charge in [0.05, 0.1) is 0 Å². The van der Waals surface area contributed by atoms with Gasteiger partial charge in [-0.2, -0.15) is 4.39 Å². The summed E-state index contributed by atoms with van der Waals surface area (Å²) >= 11 is 0. The lowest BCUT2D eigenvalue weighted by atomic mass is 10.0. The van der Waals surface area contributed by atoms with Crippen molar-refractivity contribution in [3.8, 4) is 11.1 Å². The summed E-state index contributed by atoms with van der Waals surface area (Å²) in [6.07, 6.45) is 1.47. The van der Waals surface area contributed by atoms with Crippen molar-refractivity contribution >= 4 is 0 Å². The van der Waals surface area contributed by atoms with Crippen molar-refractivity contribution < 1.29 is 4.39 Å². The summed E-state index contributed by atoms with van der Waals surface area (Å²) < 4.78 is 13.1. The smallest absolute Gasteiger partial charge is 0.216 e. The van der Waals surface area contributed by atoms with Crippen LogP contribution in [0.4, 0.5) is 4.39 Å². The van der Waals surface area contributed by atoms with Crippen molar-refractivity contribution in [3.05, 3.63) is 54.1 Å². The lowest BCUT2D eigenvalue weighted by Gasteiger charge is -2.04. The fraction of sp³-hybridized carbons (Fsp3) is 0.0833. The van der Waals surface area contributed by atoms with Gasteiger partial charge in [0.15, 0.2) is 0 Å². The maximum atomic E-state index is 13.1. The minimum atomic E-state index is -0.417. The maximum Gasteiger partial charge on any atom is 0.216 e. The highest BCUT2D eigenvalue weighted by Crippen LogP contribution is 2.22. The van der Waals surface area contributed by atoms with E-state index in [0.717, 1.165) is 11.1 Å². The average molecular weight is 186 g/mol. The molecule has 0 saturated carbocycles. The monoisotopic (exact) mass is 186 g/mol. The first-order valence-electron chi connectivity index (χ1n) is 4.37. The van der Waals surface area contributed by atoms with Crippen LogP contribution in [0.25, 0.3) is 11.1 Å². The number of aromatic nitrogens is 1. The molecule has 0 aliphatic heterocycles. The number of benzene rings is 1. The zero-order valence-corrected chi connectivity index (χ0v) is 7.79. The fourth-order valence-corrected chi connectivity index (χ4v) is 1.36. The Hall–Kier alpha value is -1.70. The zero-order valence-electron chi connectivity index (χ0n) is 7.79. The molecule has 0 fully saturated rings. The van der Waals surface area contributed by atoms with Crippen LogP contribution < -0.4 is 0 Å². The largest absolute Gasteiger partial charge is 0.228 e. The molecule has 1 aromatic carbocycles. The Kier molecular flexibility index (Phi) is 2.27. The zero-order chi connectivity index (χ0) is 9.97. The molecule has 0 amide bonds. The molecular weight excluding hydrogens is 177 g/mol. The number of hydrogen-bond acceptors (Lipinski definition) is 1. The molecule has 1 heterocycles.